The van der Waals surface area contributed by atoms with E-state index in [-0.39, 0.29) is 18.2 Å². The van der Waals surface area contributed by atoms with Crippen molar-refractivity contribution in [2.24, 2.45) is 0 Å². The fourth-order valence-electron chi connectivity index (χ4n) is 4.02. The van der Waals surface area contributed by atoms with Gasteiger partial charge in [0.1, 0.15) is 36.2 Å². The zero-order valence-corrected chi connectivity index (χ0v) is 19.9. The number of aryl methyl sites for hydroxylation is 1. The summed E-state index contributed by atoms with van der Waals surface area (Å²) >= 11 is 0. The van der Waals surface area contributed by atoms with Gasteiger partial charge in [-0.25, -0.2) is 19.2 Å². The second-order valence-corrected chi connectivity index (χ2v) is 8.87. The van der Waals surface area contributed by atoms with E-state index < -0.39 is 24.2 Å². The summed E-state index contributed by atoms with van der Waals surface area (Å²) in [5.41, 5.74) is 2.73. The number of halogens is 3. The first-order valence-corrected chi connectivity index (χ1v) is 11.3. The van der Waals surface area contributed by atoms with E-state index >= 15 is 0 Å². The Morgan fingerprint density at radius 1 is 1.17 bits per heavy atom. The third kappa shape index (κ3) is 5.26. The summed E-state index contributed by atoms with van der Waals surface area (Å²) in [7, 11) is 0. The van der Waals surface area contributed by atoms with Gasteiger partial charge >= 0.3 is 6.09 Å². The Hall–Kier alpha value is -3.56. The average molecular weight is 486 g/mol. The number of pyridine rings is 2. The Morgan fingerprint density at radius 2 is 1.91 bits per heavy atom. The molecule has 4 heterocycles. The molecule has 4 rings (SSSR count). The van der Waals surface area contributed by atoms with E-state index in [1.54, 1.807) is 18.3 Å². The van der Waals surface area contributed by atoms with Crippen molar-refractivity contribution in [1.82, 2.24) is 19.9 Å². The molecule has 0 aliphatic carbocycles. The second kappa shape index (κ2) is 9.59. The van der Waals surface area contributed by atoms with Crippen LogP contribution in [-0.2, 0) is 17.1 Å². The SMILES string of the molecule is Cc1cc([C@H](C)Cc2nccc(N3C(=O)OCC3[C@H](C)F)n2)ncc1-c1ccnc(C(C)(F)F)c1. The number of cyclic esters (lactones) is 1. The molecule has 0 spiro atoms. The van der Waals surface area contributed by atoms with Crippen molar-refractivity contribution >= 4 is 11.9 Å². The maximum Gasteiger partial charge on any atom is 0.416 e. The third-order valence-corrected chi connectivity index (χ3v) is 6.02. The number of ether oxygens (including phenoxy) is 1. The van der Waals surface area contributed by atoms with Gasteiger partial charge in [0.05, 0.1) is 0 Å². The molecule has 1 unspecified atom stereocenters. The number of carbonyl (C=O) groups excluding carboxylic acids is 1. The molecule has 184 valence electrons. The predicted octanol–water partition coefficient (Wildman–Crippen LogP) is 5.38. The number of alkyl halides is 3. The van der Waals surface area contributed by atoms with Gasteiger partial charge < -0.3 is 4.74 Å². The summed E-state index contributed by atoms with van der Waals surface area (Å²) in [4.78, 5) is 30.4. The topological polar surface area (TPSA) is 81.1 Å². The largest absolute Gasteiger partial charge is 0.447 e. The van der Waals surface area contributed by atoms with Crippen LogP contribution in [0.15, 0.2) is 42.9 Å². The van der Waals surface area contributed by atoms with Crippen molar-refractivity contribution in [2.75, 3.05) is 11.5 Å². The molecule has 0 aromatic carbocycles. The van der Waals surface area contributed by atoms with Gasteiger partial charge in [0.25, 0.3) is 5.92 Å². The molecule has 1 saturated heterocycles. The zero-order valence-electron chi connectivity index (χ0n) is 19.9. The van der Waals surface area contributed by atoms with Crippen LogP contribution in [-0.4, -0.2) is 44.8 Å². The van der Waals surface area contributed by atoms with Crippen molar-refractivity contribution in [2.45, 2.75) is 58.2 Å². The normalized spacial score (nSPS) is 17.9. The molecule has 0 N–H and O–H groups in total. The summed E-state index contributed by atoms with van der Waals surface area (Å²) in [5, 5.41) is 0. The Balaban J connectivity index is 1.54. The van der Waals surface area contributed by atoms with E-state index in [4.69, 9.17) is 4.74 Å². The number of carbonyl (C=O) groups is 1. The second-order valence-electron chi connectivity index (χ2n) is 8.87. The predicted molar refractivity (Wildman–Crippen MR) is 124 cm³/mol. The van der Waals surface area contributed by atoms with Crippen LogP contribution in [0, 0.1) is 6.92 Å². The van der Waals surface area contributed by atoms with E-state index in [1.807, 2.05) is 19.9 Å². The number of aromatic nitrogens is 4. The molecule has 0 saturated carbocycles. The van der Waals surface area contributed by atoms with Gasteiger partial charge in [0.2, 0.25) is 0 Å². The molecule has 1 aliphatic rings. The van der Waals surface area contributed by atoms with E-state index in [1.165, 1.54) is 30.3 Å². The van der Waals surface area contributed by atoms with Gasteiger partial charge in [-0.2, -0.15) is 8.78 Å². The van der Waals surface area contributed by atoms with E-state index in [2.05, 4.69) is 19.9 Å². The average Bonchev–Trinajstić information content (AvgIpc) is 3.20. The summed E-state index contributed by atoms with van der Waals surface area (Å²) in [5.74, 6) is -2.34. The van der Waals surface area contributed by atoms with Gasteiger partial charge in [0.15, 0.2) is 0 Å². The van der Waals surface area contributed by atoms with Crippen LogP contribution in [0.5, 0.6) is 0 Å². The van der Waals surface area contributed by atoms with Crippen molar-refractivity contribution in [1.29, 1.82) is 0 Å². The molecule has 3 aromatic rings. The molecular weight excluding hydrogens is 459 g/mol. The maximum atomic E-state index is 14.0. The van der Waals surface area contributed by atoms with Gasteiger partial charge in [-0.3, -0.25) is 14.9 Å². The lowest BCUT2D eigenvalue weighted by molar-refractivity contribution is 0.0128. The summed E-state index contributed by atoms with van der Waals surface area (Å²) in [6, 6.07) is 5.78. The monoisotopic (exact) mass is 485 g/mol. The molecule has 0 bridgehead atoms. The van der Waals surface area contributed by atoms with Crippen LogP contribution in [0.2, 0.25) is 0 Å². The lowest BCUT2D eigenvalue weighted by atomic mass is 9.97. The van der Waals surface area contributed by atoms with Gasteiger partial charge in [-0.1, -0.05) is 6.92 Å². The Morgan fingerprint density at radius 3 is 2.60 bits per heavy atom. The molecule has 7 nitrogen and oxygen atoms in total. The van der Waals surface area contributed by atoms with Gasteiger partial charge in [0, 0.05) is 49.1 Å². The lowest BCUT2D eigenvalue weighted by Crippen LogP contribution is -2.39. The molecule has 3 aromatic heterocycles. The highest BCUT2D eigenvalue weighted by Gasteiger charge is 2.39. The van der Waals surface area contributed by atoms with Crippen LogP contribution >= 0.6 is 0 Å². The highest BCUT2D eigenvalue weighted by Crippen LogP contribution is 2.31. The van der Waals surface area contributed by atoms with Crippen LogP contribution in [0.3, 0.4) is 0 Å². The Labute approximate surface area is 201 Å². The molecule has 10 heteroatoms. The van der Waals surface area contributed by atoms with Crippen LogP contribution < -0.4 is 4.90 Å². The molecule has 35 heavy (non-hydrogen) atoms. The number of nitrogens with zero attached hydrogens (tertiary/aromatic N) is 5. The van der Waals surface area contributed by atoms with Crippen LogP contribution in [0.25, 0.3) is 11.1 Å². The quantitative estimate of drug-likeness (QED) is 0.447. The fraction of sp³-hybridized carbons (Fsp3) is 0.400. The molecule has 1 aliphatic heterocycles. The van der Waals surface area contributed by atoms with E-state index in [0.29, 0.717) is 23.6 Å². The van der Waals surface area contributed by atoms with Crippen LogP contribution in [0.1, 0.15) is 49.5 Å². The van der Waals surface area contributed by atoms with Crippen molar-refractivity contribution in [3.8, 4) is 11.1 Å². The van der Waals surface area contributed by atoms with Crippen molar-refractivity contribution < 1.29 is 22.7 Å². The molecule has 1 amide bonds. The number of anilines is 1. The first-order valence-electron chi connectivity index (χ1n) is 11.3. The molecule has 3 atom stereocenters. The first kappa shape index (κ1) is 24.6. The smallest absolute Gasteiger partial charge is 0.416 e. The summed E-state index contributed by atoms with van der Waals surface area (Å²) in [6.07, 6.45) is 3.09. The van der Waals surface area contributed by atoms with Gasteiger partial charge in [-0.05, 0) is 49.2 Å². The Bertz CT molecular complexity index is 1230. The summed E-state index contributed by atoms with van der Waals surface area (Å²) < 4.78 is 46.4. The molecule has 1 fully saturated rings. The fourth-order valence-corrected chi connectivity index (χ4v) is 4.02. The van der Waals surface area contributed by atoms with Crippen molar-refractivity contribution in [3.63, 3.8) is 0 Å². The van der Waals surface area contributed by atoms with Crippen molar-refractivity contribution in [3.05, 3.63) is 65.6 Å². The third-order valence-electron chi connectivity index (χ3n) is 6.02. The highest BCUT2D eigenvalue weighted by atomic mass is 19.3. The minimum absolute atomic E-state index is 0.0311. The molecule has 0 radical (unpaired) electrons. The zero-order chi connectivity index (χ0) is 25.3. The standard InChI is InChI=1S/C25H26F3N5O2/c1-14-9-19(31-12-18(14)17-5-7-29-21(11-17)25(4,27)28)15(2)10-22-30-8-6-23(32-22)33-20(16(3)26)13-35-24(33)34/h5-9,11-12,15-16,20H,10,13H2,1-4H3/t15-,16+,20?/m1/s1. The maximum absolute atomic E-state index is 14.0. The highest BCUT2D eigenvalue weighted by molar-refractivity contribution is 5.89. The van der Waals surface area contributed by atoms with E-state index in [9.17, 15) is 18.0 Å². The number of hydrogen-bond donors (Lipinski definition) is 0. The minimum Gasteiger partial charge on any atom is -0.447 e. The first-order chi connectivity index (χ1) is 16.5. The lowest BCUT2D eigenvalue weighted by Gasteiger charge is -2.21. The minimum atomic E-state index is -3.03. The van der Waals surface area contributed by atoms with Gasteiger partial charge in [-0.15, -0.1) is 0 Å². The summed E-state index contributed by atoms with van der Waals surface area (Å²) in [6.45, 7) is 6.03. The van der Waals surface area contributed by atoms with E-state index in [0.717, 1.165) is 23.7 Å². The van der Waals surface area contributed by atoms with Crippen LogP contribution in [0.4, 0.5) is 23.8 Å². The number of amides is 1. The number of rotatable bonds is 7. The molecular formula is C25H26F3N5O2. The Kier molecular flexibility index (Phi) is 6.73. The number of hydrogen-bond acceptors (Lipinski definition) is 6.